The van der Waals surface area contributed by atoms with Crippen LogP contribution in [0.25, 0.3) is 0 Å². The molecule has 6 nitrogen and oxygen atoms in total. The molecule has 0 saturated heterocycles. The molecule has 0 spiro atoms. The van der Waals surface area contributed by atoms with Crippen molar-refractivity contribution in [1.82, 2.24) is 4.98 Å². The maximum atomic E-state index is 10.7. The Hall–Kier alpha value is 0.410. The average Bonchev–Trinajstić information content (AvgIpc) is 2.18. The molecule has 0 unspecified atom stereocenters. The van der Waals surface area contributed by atoms with E-state index in [9.17, 15) is 9.67 Å². The number of hydrogen-bond acceptors (Lipinski definition) is 5. The van der Waals surface area contributed by atoms with Crippen LogP contribution in [-0.2, 0) is 16.9 Å². The van der Waals surface area contributed by atoms with Crippen LogP contribution < -0.4 is 29.6 Å². The fraction of sp³-hybridized carbons (Fsp3) is 0.375. The van der Waals surface area contributed by atoms with Gasteiger partial charge in [0.15, 0.2) is 0 Å². The minimum Gasteiger partial charge on any atom is -0.506 e. The summed E-state index contributed by atoms with van der Waals surface area (Å²) in [5.41, 5.74) is 1.04. The van der Waals surface area contributed by atoms with Gasteiger partial charge in [-0.3, -0.25) is 4.98 Å². The maximum Gasteiger partial charge on any atom is 1.00 e. The molecule has 1 aromatic heterocycles. The molecular formula is C8H12NNaO5PS+. The van der Waals surface area contributed by atoms with Crippen molar-refractivity contribution in [2.75, 3.05) is 0 Å². The summed E-state index contributed by atoms with van der Waals surface area (Å²) < 4.78 is 10.7. The molecule has 90 valence electrons. The number of pyridine rings is 1. The number of nitrogens with zero attached hydrogens (tertiary/aromatic N) is 1. The Morgan fingerprint density at radius 2 is 2.06 bits per heavy atom. The van der Waals surface area contributed by atoms with Crippen molar-refractivity contribution in [2.45, 2.75) is 19.3 Å². The molecule has 0 aliphatic carbocycles. The first-order valence-electron chi connectivity index (χ1n) is 4.32. The van der Waals surface area contributed by atoms with Crippen LogP contribution in [0, 0.1) is 6.92 Å². The molecule has 0 saturated carbocycles. The van der Waals surface area contributed by atoms with E-state index in [4.69, 9.17) is 14.9 Å². The first-order valence-corrected chi connectivity index (χ1v) is 7.52. The fourth-order valence-corrected chi connectivity index (χ4v) is 2.62. The maximum absolute atomic E-state index is 10.7. The van der Waals surface area contributed by atoms with Crippen LogP contribution in [-0.4, -0.2) is 25.0 Å². The van der Waals surface area contributed by atoms with Crippen molar-refractivity contribution < 1.29 is 54.1 Å². The summed E-state index contributed by atoms with van der Waals surface area (Å²) in [6.07, 6.45) is 1.39. The van der Waals surface area contributed by atoms with Crippen molar-refractivity contribution in [3.05, 3.63) is 23.0 Å². The molecular weight excluding hydrogens is 276 g/mol. The molecule has 0 aliphatic rings. The zero-order valence-corrected chi connectivity index (χ0v) is 13.2. The van der Waals surface area contributed by atoms with Gasteiger partial charge < -0.3 is 20.0 Å². The number of aliphatic hydroxyl groups is 1. The van der Waals surface area contributed by atoms with Crippen LogP contribution in [0.4, 0.5) is 0 Å². The topological polar surface area (TPSA) is 111 Å². The summed E-state index contributed by atoms with van der Waals surface area (Å²) in [5.74, 6) is -0.146. The molecule has 0 aliphatic heterocycles. The number of rotatable bonds is 4. The monoisotopic (exact) mass is 288 g/mol. The molecule has 0 aromatic carbocycles. The van der Waals surface area contributed by atoms with Crippen LogP contribution in [0.1, 0.15) is 16.8 Å². The Balaban J connectivity index is 0.00000256. The molecule has 1 heterocycles. The van der Waals surface area contributed by atoms with E-state index >= 15 is 0 Å². The van der Waals surface area contributed by atoms with E-state index < -0.39 is 13.4 Å². The standard InChI is InChI=1S/C8H12NO5PS.Na/c1-5-8(11)7(3-10)6(2-9-5)4-16-15(12,13)14;/h2,10-11H,3-4H2,1H3,(H2,12,13,14);/q;+1. The van der Waals surface area contributed by atoms with Gasteiger partial charge in [-0.05, 0) is 23.9 Å². The van der Waals surface area contributed by atoms with E-state index in [-0.39, 0.29) is 46.6 Å². The predicted octanol–water partition coefficient (Wildman–Crippen LogP) is -2.08. The second kappa shape index (κ2) is 7.11. The zero-order valence-electron chi connectivity index (χ0n) is 9.49. The molecule has 0 atom stereocenters. The van der Waals surface area contributed by atoms with Crippen molar-refractivity contribution in [3.63, 3.8) is 0 Å². The molecule has 0 fully saturated rings. The molecule has 0 radical (unpaired) electrons. The van der Waals surface area contributed by atoms with Gasteiger partial charge in [-0.15, -0.1) is 0 Å². The first kappa shape index (κ1) is 17.4. The molecule has 17 heavy (non-hydrogen) atoms. The Bertz CT molecular complexity index is 438. The van der Waals surface area contributed by atoms with Gasteiger partial charge in [-0.2, -0.15) is 0 Å². The largest absolute Gasteiger partial charge is 1.00 e. The summed E-state index contributed by atoms with van der Waals surface area (Å²) in [6, 6.07) is 0. The zero-order chi connectivity index (χ0) is 12.3. The minimum atomic E-state index is -4.16. The van der Waals surface area contributed by atoms with E-state index in [1.165, 1.54) is 6.20 Å². The molecule has 4 N–H and O–H groups in total. The summed E-state index contributed by atoms with van der Waals surface area (Å²) in [6.45, 7) is -2.98. The summed E-state index contributed by atoms with van der Waals surface area (Å²) in [5, 5.41) is 18.6. The van der Waals surface area contributed by atoms with E-state index in [0.29, 0.717) is 22.6 Å². The molecule has 9 heteroatoms. The van der Waals surface area contributed by atoms with E-state index in [1.807, 2.05) is 0 Å². The number of aliphatic hydroxyl groups excluding tert-OH is 1. The Morgan fingerprint density at radius 1 is 1.47 bits per heavy atom. The fourth-order valence-electron chi connectivity index (χ4n) is 1.14. The number of aryl methyl sites for hydroxylation is 1. The van der Waals surface area contributed by atoms with Crippen molar-refractivity contribution in [2.24, 2.45) is 0 Å². The van der Waals surface area contributed by atoms with Crippen LogP contribution in [0.3, 0.4) is 0 Å². The number of aromatic hydroxyl groups is 1. The predicted molar refractivity (Wildman–Crippen MR) is 59.9 cm³/mol. The Labute approximate surface area is 125 Å². The molecule has 0 amide bonds. The Morgan fingerprint density at radius 3 is 2.53 bits per heavy atom. The van der Waals surface area contributed by atoms with E-state index in [1.54, 1.807) is 6.92 Å². The number of aromatic nitrogens is 1. The minimum absolute atomic E-state index is 0. The van der Waals surface area contributed by atoms with Crippen molar-refractivity contribution in [1.29, 1.82) is 0 Å². The van der Waals surface area contributed by atoms with Gasteiger partial charge >= 0.3 is 36.4 Å². The summed E-state index contributed by atoms with van der Waals surface area (Å²) in [7, 11) is 0. The van der Waals surface area contributed by atoms with Gasteiger partial charge in [0, 0.05) is 17.5 Å². The summed E-state index contributed by atoms with van der Waals surface area (Å²) in [4.78, 5) is 21.3. The molecule has 1 rings (SSSR count). The third kappa shape index (κ3) is 5.28. The first-order chi connectivity index (χ1) is 7.35. The Kier molecular flexibility index (Phi) is 7.28. The summed E-state index contributed by atoms with van der Waals surface area (Å²) >= 11 is 0.435. The van der Waals surface area contributed by atoms with Crippen LogP contribution >= 0.6 is 18.2 Å². The number of hydrogen-bond donors (Lipinski definition) is 4. The third-order valence-electron chi connectivity index (χ3n) is 1.98. The smallest absolute Gasteiger partial charge is 0.506 e. The van der Waals surface area contributed by atoms with Crippen molar-refractivity contribution >= 4 is 18.2 Å². The molecule has 0 bridgehead atoms. The average molecular weight is 288 g/mol. The quantitative estimate of drug-likeness (QED) is 0.371. The van der Waals surface area contributed by atoms with Crippen LogP contribution in [0.2, 0.25) is 0 Å². The van der Waals surface area contributed by atoms with Crippen LogP contribution in [0.5, 0.6) is 5.75 Å². The van der Waals surface area contributed by atoms with Gasteiger partial charge in [-0.1, -0.05) is 0 Å². The van der Waals surface area contributed by atoms with Gasteiger partial charge in [0.25, 0.3) is 0 Å². The second-order valence-corrected chi connectivity index (χ2v) is 6.85. The van der Waals surface area contributed by atoms with Gasteiger partial charge in [-0.25, -0.2) is 4.57 Å². The van der Waals surface area contributed by atoms with Crippen LogP contribution in [0.15, 0.2) is 6.20 Å². The second-order valence-electron chi connectivity index (χ2n) is 3.12. The normalized spacial score (nSPS) is 11.1. The van der Waals surface area contributed by atoms with E-state index in [0.717, 1.165) is 0 Å². The van der Waals surface area contributed by atoms with Gasteiger partial charge in [0.2, 0.25) is 0 Å². The SMILES string of the molecule is Cc1ncc(CSP(=O)(O)O)c(CO)c1O.[Na+]. The molecule has 1 aromatic rings. The third-order valence-corrected chi connectivity index (χ3v) is 4.15. The van der Waals surface area contributed by atoms with Crippen molar-refractivity contribution in [3.8, 4) is 5.75 Å². The van der Waals surface area contributed by atoms with Gasteiger partial charge in [0.1, 0.15) is 5.75 Å². The van der Waals surface area contributed by atoms with E-state index in [2.05, 4.69) is 4.98 Å². The van der Waals surface area contributed by atoms with Gasteiger partial charge in [0.05, 0.1) is 12.3 Å².